The molecule has 0 fully saturated rings. The summed E-state index contributed by atoms with van der Waals surface area (Å²) in [6.07, 6.45) is 8.82. The molecule has 0 aliphatic rings. The molecule has 0 aromatic carbocycles. The Morgan fingerprint density at radius 3 is 2.41 bits per heavy atom. The molecule has 0 aromatic heterocycles. The SMILES string of the molecule is C=CC(C#N)(CCCCCCCC)OC(C)=O. The van der Waals surface area contributed by atoms with Gasteiger partial charge in [-0.15, -0.1) is 0 Å². The maximum Gasteiger partial charge on any atom is 0.304 e. The van der Waals surface area contributed by atoms with Crippen LogP contribution < -0.4 is 0 Å². The molecular formula is C14H23NO2. The molecule has 0 bridgehead atoms. The van der Waals surface area contributed by atoms with Crippen LogP contribution >= 0.6 is 0 Å². The van der Waals surface area contributed by atoms with Crippen LogP contribution in [-0.4, -0.2) is 11.6 Å². The van der Waals surface area contributed by atoms with E-state index in [2.05, 4.69) is 13.5 Å². The Balaban J connectivity index is 3.98. The quantitative estimate of drug-likeness (QED) is 0.348. The minimum Gasteiger partial charge on any atom is -0.440 e. The van der Waals surface area contributed by atoms with Gasteiger partial charge in [0.1, 0.15) is 6.07 Å². The van der Waals surface area contributed by atoms with Crippen molar-refractivity contribution in [3.63, 3.8) is 0 Å². The first-order valence-electron chi connectivity index (χ1n) is 6.34. The van der Waals surface area contributed by atoms with E-state index in [1.807, 2.05) is 6.07 Å². The highest BCUT2D eigenvalue weighted by Crippen LogP contribution is 2.21. The van der Waals surface area contributed by atoms with Gasteiger partial charge in [0.2, 0.25) is 5.60 Å². The molecule has 0 aromatic rings. The van der Waals surface area contributed by atoms with Gasteiger partial charge >= 0.3 is 5.97 Å². The summed E-state index contributed by atoms with van der Waals surface area (Å²) in [5.41, 5.74) is -1.13. The number of rotatable bonds is 9. The first-order valence-corrected chi connectivity index (χ1v) is 6.34. The zero-order chi connectivity index (χ0) is 13.1. The summed E-state index contributed by atoms with van der Waals surface area (Å²) in [5, 5.41) is 9.07. The molecule has 1 atom stereocenters. The Hall–Kier alpha value is -1.30. The van der Waals surface area contributed by atoms with Crippen molar-refractivity contribution in [2.75, 3.05) is 0 Å². The summed E-state index contributed by atoms with van der Waals surface area (Å²) in [6.45, 7) is 7.08. The van der Waals surface area contributed by atoms with Crippen LogP contribution in [0.5, 0.6) is 0 Å². The summed E-state index contributed by atoms with van der Waals surface area (Å²) in [5.74, 6) is -0.433. The number of unbranched alkanes of at least 4 members (excludes halogenated alkanes) is 5. The van der Waals surface area contributed by atoms with Gasteiger partial charge in [-0.1, -0.05) is 45.6 Å². The highest BCUT2D eigenvalue weighted by atomic mass is 16.6. The second-order valence-electron chi connectivity index (χ2n) is 4.32. The average Bonchev–Trinajstić information content (AvgIpc) is 2.31. The average molecular weight is 237 g/mol. The van der Waals surface area contributed by atoms with Crippen molar-refractivity contribution in [2.24, 2.45) is 0 Å². The molecule has 3 nitrogen and oxygen atoms in total. The number of nitrogens with zero attached hydrogens (tertiary/aromatic N) is 1. The maximum absolute atomic E-state index is 10.9. The summed E-state index contributed by atoms with van der Waals surface area (Å²) < 4.78 is 5.05. The summed E-state index contributed by atoms with van der Waals surface area (Å²) >= 11 is 0. The van der Waals surface area contributed by atoms with E-state index >= 15 is 0 Å². The predicted molar refractivity (Wildman–Crippen MR) is 68.3 cm³/mol. The first kappa shape index (κ1) is 15.7. The molecule has 0 heterocycles. The normalized spacial score (nSPS) is 13.5. The molecule has 0 N–H and O–H groups in total. The van der Waals surface area contributed by atoms with Gasteiger partial charge in [0, 0.05) is 13.3 Å². The van der Waals surface area contributed by atoms with Crippen LogP contribution in [0.1, 0.15) is 58.8 Å². The van der Waals surface area contributed by atoms with Gasteiger partial charge < -0.3 is 4.74 Å². The largest absolute Gasteiger partial charge is 0.440 e. The van der Waals surface area contributed by atoms with Gasteiger partial charge in [-0.25, -0.2) is 0 Å². The van der Waals surface area contributed by atoms with Gasteiger partial charge in [0.25, 0.3) is 0 Å². The fourth-order valence-corrected chi connectivity index (χ4v) is 1.74. The Kier molecular flexibility index (Phi) is 8.13. The van der Waals surface area contributed by atoms with Gasteiger partial charge in [-0.05, 0) is 12.5 Å². The highest BCUT2D eigenvalue weighted by Gasteiger charge is 2.28. The zero-order valence-corrected chi connectivity index (χ0v) is 11.0. The molecule has 17 heavy (non-hydrogen) atoms. The molecule has 0 spiro atoms. The number of hydrogen-bond donors (Lipinski definition) is 0. The summed E-state index contributed by atoms with van der Waals surface area (Å²) in [7, 11) is 0. The minimum absolute atomic E-state index is 0.433. The Labute approximate surface area is 104 Å². The predicted octanol–water partition coefficient (Wildman–Crippen LogP) is 3.75. The molecule has 0 rings (SSSR count). The van der Waals surface area contributed by atoms with E-state index in [0.717, 1.165) is 12.8 Å². The number of carbonyl (C=O) groups is 1. The molecule has 96 valence electrons. The summed E-state index contributed by atoms with van der Waals surface area (Å²) in [6, 6.07) is 2.04. The number of carbonyl (C=O) groups excluding carboxylic acids is 1. The molecule has 0 radical (unpaired) electrons. The lowest BCUT2D eigenvalue weighted by atomic mass is 9.97. The van der Waals surface area contributed by atoms with Crippen molar-refractivity contribution < 1.29 is 9.53 Å². The number of nitriles is 1. The van der Waals surface area contributed by atoms with Crippen LogP contribution in [0.3, 0.4) is 0 Å². The van der Waals surface area contributed by atoms with Gasteiger partial charge in [0.15, 0.2) is 0 Å². The van der Waals surface area contributed by atoms with Crippen LogP contribution in [-0.2, 0) is 9.53 Å². The van der Waals surface area contributed by atoms with Crippen LogP contribution in [0.25, 0.3) is 0 Å². The fraction of sp³-hybridized carbons (Fsp3) is 0.714. The number of hydrogen-bond acceptors (Lipinski definition) is 3. The molecule has 0 aliphatic heterocycles. The zero-order valence-electron chi connectivity index (χ0n) is 11.0. The molecule has 3 heteroatoms. The molecule has 0 aliphatic carbocycles. The lowest BCUT2D eigenvalue weighted by Crippen LogP contribution is -2.30. The van der Waals surface area contributed by atoms with Crippen LogP contribution in [0.2, 0.25) is 0 Å². The third-order valence-corrected chi connectivity index (χ3v) is 2.75. The van der Waals surface area contributed by atoms with Crippen molar-refractivity contribution >= 4 is 5.97 Å². The van der Waals surface area contributed by atoms with E-state index < -0.39 is 11.6 Å². The van der Waals surface area contributed by atoms with Crippen molar-refractivity contribution in [2.45, 2.75) is 64.4 Å². The maximum atomic E-state index is 10.9. The molecule has 0 saturated heterocycles. The second-order valence-corrected chi connectivity index (χ2v) is 4.32. The fourth-order valence-electron chi connectivity index (χ4n) is 1.74. The number of esters is 1. The summed E-state index contributed by atoms with van der Waals surface area (Å²) in [4.78, 5) is 10.9. The smallest absolute Gasteiger partial charge is 0.304 e. The monoisotopic (exact) mass is 237 g/mol. The third-order valence-electron chi connectivity index (χ3n) is 2.75. The van der Waals surface area contributed by atoms with Crippen molar-refractivity contribution in [1.29, 1.82) is 5.26 Å². The standard InChI is InChI=1S/C14H23NO2/c1-4-6-7-8-9-10-11-14(5-2,12-15)17-13(3)16/h5H,2,4,6-11H2,1,3H3. The van der Waals surface area contributed by atoms with Crippen LogP contribution in [0.15, 0.2) is 12.7 Å². The van der Waals surface area contributed by atoms with Crippen molar-refractivity contribution in [3.8, 4) is 6.07 Å². The number of ether oxygens (including phenoxy) is 1. The van der Waals surface area contributed by atoms with Gasteiger partial charge in [-0.3, -0.25) is 4.79 Å². The van der Waals surface area contributed by atoms with Crippen LogP contribution in [0.4, 0.5) is 0 Å². The molecular weight excluding hydrogens is 214 g/mol. The molecule has 0 amide bonds. The Morgan fingerprint density at radius 2 is 1.94 bits per heavy atom. The van der Waals surface area contributed by atoms with Gasteiger partial charge in [-0.2, -0.15) is 5.26 Å². The van der Waals surface area contributed by atoms with Crippen molar-refractivity contribution in [1.82, 2.24) is 0 Å². The minimum atomic E-state index is -1.13. The van der Waals surface area contributed by atoms with Crippen molar-refractivity contribution in [3.05, 3.63) is 12.7 Å². The van der Waals surface area contributed by atoms with E-state index in [0.29, 0.717) is 6.42 Å². The topological polar surface area (TPSA) is 50.1 Å². The lowest BCUT2D eigenvalue weighted by molar-refractivity contribution is -0.148. The molecule has 1 unspecified atom stereocenters. The van der Waals surface area contributed by atoms with E-state index in [-0.39, 0.29) is 0 Å². The van der Waals surface area contributed by atoms with E-state index in [4.69, 9.17) is 10.00 Å². The van der Waals surface area contributed by atoms with Crippen LogP contribution in [0, 0.1) is 11.3 Å². The first-order chi connectivity index (χ1) is 8.10. The Bertz CT molecular complexity index is 280. The third kappa shape index (κ3) is 6.78. The van der Waals surface area contributed by atoms with E-state index in [1.54, 1.807) is 0 Å². The second kappa shape index (κ2) is 8.81. The molecule has 0 saturated carbocycles. The Morgan fingerprint density at radius 1 is 1.35 bits per heavy atom. The van der Waals surface area contributed by atoms with Gasteiger partial charge in [0.05, 0.1) is 0 Å². The van der Waals surface area contributed by atoms with E-state index in [9.17, 15) is 4.79 Å². The lowest BCUT2D eigenvalue weighted by Gasteiger charge is -2.22. The van der Waals surface area contributed by atoms with E-state index in [1.165, 1.54) is 38.7 Å². The highest BCUT2D eigenvalue weighted by molar-refractivity contribution is 5.67.